The first-order valence-corrected chi connectivity index (χ1v) is 8.91. The van der Waals surface area contributed by atoms with E-state index in [1.807, 2.05) is 30.3 Å². The van der Waals surface area contributed by atoms with Crippen molar-refractivity contribution in [3.8, 4) is 0 Å². The van der Waals surface area contributed by atoms with Gasteiger partial charge in [-0.05, 0) is 29.8 Å². The number of aromatic nitrogens is 1. The number of pyridine rings is 1. The van der Waals surface area contributed by atoms with Crippen molar-refractivity contribution in [2.24, 2.45) is 0 Å². The number of rotatable bonds is 7. The molecule has 3 rings (SSSR count). The van der Waals surface area contributed by atoms with E-state index in [-0.39, 0.29) is 24.8 Å². The zero-order valence-corrected chi connectivity index (χ0v) is 15.5. The van der Waals surface area contributed by atoms with Crippen LogP contribution in [0.2, 0.25) is 0 Å². The lowest BCUT2D eigenvalue weighted by Gasteiger charge is -2.08. The number of nitrogens with one attached hydrogen (secondary N) is 2. The third-order valence-corrected chi connectivity index (χ3v) is 4.01. The molecule has 1 aromatic heterocycles. The molecule has 2 amide bonds. The van der Waals surface area contributed by atoms with E-state index in [0.29, 0.717) is 16.8 Å². The van der Waals surface area contributed by atoms with E-state index in [1.165, 1.54) is 0 Å². The van der Waals surface area contributed by atoms with Crippen molar-refractivity contribution in [3.63, 3.8) is 0 Å². The van der Waals surface area contributed by atoms with Crippen molar-refractivity contribution >= 4 is 23.5 Å². The number of carbonyl (C=O) groups excluding carboxylic acids is 3. The van der Waals surface area contributed by atoms with Crippen LogP contribution < -0.4 is 10.6 Å². The quantitative estimate of drug-likeness (QED) is 0.603. The Hall–Kier alpha value is -4.00. The number of ether oxygens (including phenoxy) is 1. The SMILES string of the molecule is O=C(NCC(=O)c1ccc(C(=O)Nc2ccncc2)cc1)OCc1ccccc1. The number of Topliss-reactive ketones (excluding diaryl/α,β-unsaturated/α-hetero) is 1. The fraction of sp³-hybridized carbons (Fsp3) is 0.0909. The van der Waals surface area contributed by atoms with Crippen molar-refractivity contribution in [1.82, 2.24) is 10.3 Å². The number of amides is 2. The average molecular weight is 389 g/mol. The molecule has 0 bridgehead atoms. The highest BCUT2D eigenvalue weighted by Crippen LogP contribution is 2.10. The molecule has 3 aromatic rings. The fourth-order valence-electron chi connectivity index (χ4n) is 2.47. The van der Waals surface area contributed by atoms with Gasteiger partial charge in [0.2, 0.25) is 0 Å². The Kier molecular flexibility index (Phi) is 6.67. The number of benzene rings is 2. The summed E-state index contributed by atoms with van der Waals surface area (Å²) in [7, 11) is 0. The molecule has 0 saturated carbocycles. The van der Waals surface area contributed by atoms with Crippen LogP contribution in [0.1, 0.15) is 26.3 Å². The van der Waals surface area contributed by atoms with Crippen LogP contribution in [0.25, 0.3) is 0 Å². The van der Waals surface area contributed by atoms with E-state index >= 15 is 0 Å². The Morgan fingerprint density at radius 2 is 1.48 bits per heavy atom. The van der Waals surface area contributed by atoms with Crippen LogP contribution in [0.4, 0.5) is 10.5 Å². The number of anilines is 1. The predicted molar refractivity (Wildman–Crippen MR) is 108 cm³/mol. The number of alkyl carbamates (subject to hydrolysis) is 1. The fourth-order valence-corrected chi connectivity index (χ4v) is 2.47. The van der Waals surface area contributed by atoms with Gasteiger partial charge >= 0.3 is 6.09 Å². The van der Waals surface area contributed by atoms with Crippen molar-refractivity contribution in [2.45, 2.75) is 6.61 Å². The Bertz CT molecular complexity index is 974. The molecule has 2 aromatic carbocycles. The van der Waals surface area contributed by atoms with Gasteiger partial charge in [0.25, 0.3) is 5.91 Å². The Morgan fingerprint density at radius 3 is 2.17 bits per heavy atom. The van der Waals surface area contributed by atoms with Crippen LogP contribution in [0.3, 0.4) is 0 Å². The highest BCUT2D eigenvalue weighted by Gasteiger charge is 2.11. The molecule has 0 saturated heterocycles. The van der Waals surface area contributed by atoms with Gasteiger partial charge in [0.05, 0.1) is 6.54 Å². The van der Waals surface area contributed by atoms with Gasteiger partial charge in [-0.3, -0.25) is 14.6 Å². The third kappa shape index (κ3) is 6.00. The van der Waals surface area contributed by atoms with Gasteiger partial charge in [-0.25, -0.2) is 4.79 Å². The molecule has 0 spiro atoms. The summed E-state index contributed by atoms with van der Waals surface area (Å²) in [6, 6.07) is 18.8. The largest absolute Gasteiger partial charge is 0.445 e. The topological polar surface area (TPSA) is 97.4 Å². The van der Waals surface area contributed by atoms with E-state index in [2.05, 4.69) is 15.6 Å². The first-order chi connectivity index (χ1) is 14.1. The standard InChI is InChI=1S/C22H19N3O4/c26-20(14-24-22(28)29-15-16-4-2-1-3-5-16)17-6-8-18(9-7-17)21(27)25-19-10-12-23-13-11-19/h1-13H,14-15H2,(H,24,28)(H,23,25,27). The summed E-state index contributed by atoms with van der Waals surface area (Å²) in [5.41, 5.74) is 2.28. The molecular weight excluding hydrogens is 370 g/mol. The molecule has 0 aliphatic rings. The minimum atomic E-state index is -0.671. The molecule has 146 valence electrons. The predicted octanol–water partition coefficient (Wildman–Crippen LogP) is 3.44. The maximum atomic E-state index is 12.2. The lowest BCUT2D eigenvalue weighted by atomic mass is 10.1. The summed E-state index contributed by atoms with van der Waals surface area (Å²) < 4.78 is 5.06. The Morgan fingerprint density at radius 1 is 0.828 bits per heavy atom. The van der Waals surface area contributed by atoms with Gasteiger partial charge in [0.1, 0.15) is 6.61 Å². The molecule has 7 nitrogen and oxygen atoms in total. The minimum Gasteiger partial charge on any atom is -0.445 e. The van der Waals surface area contributed by atoms with Crippen LogP contribution in [0.5, 0.6) is 0 Å². The number of carbonyl (C=O) groups is 3. The zero-order chi connectivity index (χ0) is 20.5. The number of hydrogen-bond acceptors (Lipinski definition) is 5. The first-order valence-electron chi connectivity index (χ1n) is 8.91. The molecule has 0 aliphatic carbocycles. The van der Waals surface area contributed by atoms with Gasteiger partial charge in [-0.1, -0.05) is 42.5 Å². The molecule has 29 heavy (non-hydrogen) atoms. The average Bonchev–Trinajstić information content (AvgIpc) is 2.77. The molecule has 0 radical (unpaired) electrons. The summed E-state index contributed by atoms with van der Waals surface area (Å²) in [6.07, 6.45) is 2.49. The summed E-state index contributed by atoms with van der Waals surface area (Å²) in [4.78, 5) is 40.0. The monoisotopic (exact) mass is 389 g/mol. The number of nitrogens with zero attached hydrogens (tertiary/aromatic N) is 1. The zero-order valence-electron chi connectivity index (χ0n) is 15.5. The van der Waals surface area contributed by atoms with Crippen LogP contribution in [0.15, 0.2) is 79.1 Å². The Balaban J connectivity index is 1.47. The van der Waals surface area contributed by atoms with E-state index < -0.39 is 6.09 Å². The number of ketones is 1. The van der Waals surface area contributed by atoms with E-state index in [0.717, 1.165) is 5.56 Å². The summed E-state index contributed by atoms with van der Waals surface area (Å²) in [6.45, 7) is -0.0711. The lowest BCUT2D eigenvalue weighted by Crippen LogP contribution is -2.30. The van der Waals surface area contributed by atoms with Crippen LogP contribution in [0, 0.1) is 0 Å². The van der Waals surface area contributed by atoms with Gasteiger partial charge in [-0.2, -0.15) is 0 Å². The van der Waals surface area contributed by atoms with E-state index in [9.17, 15) is 14.4 Å². The van der Waals surface area contributed by atoms with E-state index in [4.69, 9.17) is 4.74 Å². The Labute approximate surface area is 167 Å². The maximum Gasteiger partial charge on any atom is 0.407 e. The lowest BCUT2D eigenvalue weighted by molar-refractivity contribution is 0.0972. The maximum absolute atomic E-state index is 12.2. The van der Waals surface area contributed by atoms with Crippen molar-refractivity contribution in [1.29, 1.82) is 0 Å². The first kappa shape index (κ1) is 19.8. The van der Waals surface area contributed by atoms with Crippen LogP contribution >= 0.6 is 0 Å². The summed E-state index contributed by atoms with van der Waals surface area (Å²) >= 11 is 0. The highest BCUT2D eigenvalue weighted by atomic mass is 16.5. The number of hydrogen-bond donors (Lipinski definition) is 2. The second kappa shape index (κ2) is 9.80. The molecule has 7 heteroatoms. The second-order valence-electron chi connectivity index (χ2n) is 6.11. The summed E-state index contributed by atoms with van der Waals surface area (Å²) in [5, 5.41) is 5.16. The van der Waals surface area contributed by atoms with Gasteiger partial charge in [-0.15, -0.1) is 0 Å². The third-order valence-electron chi connectivity index (χ3n) is 4.01. The van der Waals surface area contributed by atoms with Crippen molar-refractivity contribution in [2.75, 3.05) is 11.9 Å². The smallest absolute Gasteiger partial charge is 0.407 e. The molecule has 0 aliphatic heterocycles. The molecular formula is C22H19N3O4. The highest BCUT2D eigenvalue weighted by molar-refractivity contribution is 6.05. The van der Waals surface area contributed by atoms with Crippen molar-refractivity contribution < 1.29 is 19.1 Å². The molecule has 2 N–H and O–H groups in total. The molecule has 0 fully saturated rings. The van der Waals surface area contributed by atoms with E-state index in [1.54, 1.807) is 48.8 Å². The minimum absolute atomic E-state index is 0.127. The second-order valence-corrected chi connectivity index (χ2v) is 6.11. The van der Waals surface area contributed by atoms with Gasteiger partial charge in [0, 0.05) is 29.2 Å². The normalized spacial score (nSPS) is 10.1. The molecule has 0 unspecified atom stereocenters. The van der Waals surface area contributed by atoms with Crippen molar-refractivity contribution in [3.05, 3.63) is 95.8 Å². The van der Waals surface area contributed by atoms with Gasteiger partial charge < -0.3 is 15.4 Å². The summed E-state index contributed by atoms with van der Waals surface area (Å²) in [5.74, 6) is -0.583. The van der Waals surface area contributed by atoms with Crippen LogP contribution in [-0.4, -0.2) is 29.3 Å². The van der Waals surface area contributed by atoms with Crippen LogP contribution in [-0.2, 0) is 11.3 Å². The van der Waals surface area contributed by atoms with Gasteiger partial charge in [0.15, 0.2) is 5.78 Å². The molecule has 0 atom stereocenters. The molecule has 1 heterocycles.